The minimum atomic E-state index is -0.0194. The maximum absolute atomic E-state index is 12.7. The average molecular weight is 429 g/mol. The number of hydrogen-bond donors (Lipinski definition) is 1. The molecular formula is C26H28N4O2. The monoisotopic (exact) mass is 428 g/mol. The third kappa shape index (κ3) is 5.21. The molecule has 1 aliphatic heterocycles. The van der Waals surface area contributed by atoms with E-state index >= 15 is 0 Å². The number of para-hydroxylation sites is 2. The highest BCUT2D eigenvalue weighted by molar-refractivity contribution is 5.95. The zero-order valence-electron chi connectivity index (χ0n) is 18.3. The van der Waals surface area contributed by atoms with E-state index in [0.29, 0.717) is 32.7 Å². The van der Waals surface area contributed by atoms with Gasteiger partial charge in [-0.25, -0.2) is 0 Å². The first kappa shape index (κ1) is 21.7. The minimum absolute atomic E-state index is 0.0149. The molecule has 32 heavy (non-hydrogen) atoms. The number of hydrogen-bond acceptors (Lipinski definition) is 4. The number of rotatable bonds is 6. The summed E-state index contributed by atoms with van der Waals surface area (Å²) in [4.78, 5) is 33.5. The Bertz CT molecular complexity index is 1130. The van der Waals surface area contributed by atoms with Gasteiger partial charge in [-0.15, -0.1) is 0 Å². The molecule has 0 spiro atoms. The normalized spacial score (nSPS) is 14.7. The van der Waals surface area contributed by atoms with Crippen molar-refractivity contribution in [3.8, 4) is 0 Å². The fourth-order valence-electron chi connectivity index (χ4n) is 4.00. The molecule has 1 saturated heterocycles. The summed E-state index contributed by atoms with van der Waals surface area (Å²) < 4.78 is 0. The van der Waals surface area contributed by atoms with Crippen molar-refractivity contribution in [2.24, 2.45) is 0 Å². The SMILES string of the molecule is CCc1ccccc1NC(=O)CN1CCN(C(=O)/C=C/c2cccc3cccnc23)CC1. The summed E-state index contributed by atoms with van der Waals surface area (Å²) in [6.07, 6.45) is 6.09. The second kappa shape index (κ2) is 10.2. The maximum atomic E-state index is 12.7. The lowest BCUT2D eigenvalue weighted by Gasteiger charge is -2.33. The van der Waals surface area contributed by atoms with Gasteiger partial charge in [-0.05, 0) is 30.2 Å². The first-order chi connectivity index (χ1) is 15.6. The Kier molecular flexibility index (Phi) is 6.92. The third-order valence-electron chi connectivity index (χ3n) is 5.79. The van der Waals surface area contributed by atoms with E-state index in [2.05, 4.69) is 22.1 Å². The first-order valence-electron chi connectivity index (χ1n) is 11.0. The lowest BCUT2D eigenvalue weighted by Crippen LogP contribution is -2.50. The van der Waals surface area contributed by atoms with E-state index in [1.54, 1.807) is 12.3 Å². The van der Waals surface area contributed by atoms with Crippen LogP contribution in [0.3, 0.4) is 0 Å². The number of piperazine rings is 1. The van der Waals surface area contributed by atoms with Gasteiger partial charge < -0.3 is 10.2 Å². The Morgan fingerprint density at radius 1 is 1.00 bits per heavy atom. The molecule has 0 atom stereocenters. The van der Waals surface area contributed by atoms with E-state index in [1.165, 1.54) is 0 Å². The van der Waals surface area contributed by atoms with Crippen LogP contribution >= 0.6 is 0 Å². The van der Waals surface area contributed by atoms with Crippen molar-refractivity contribution in [3.05, 3.63) is 78.0 Å². The fourth-order valence-corrected chi connectivity index (χ4v) is 4.00. The number of fused-ring (bicyclic) bond motifs is 1. The van der Waals surface area contributed by atoms with Gasteiger partial charge in [-0.1, -0.05) is 49.4 Å². The van der Waals surface area contributed by atoms with Crippen LogP contribution in [0.25, 0.3) is 17.0 Å². The fraction of sp³-hybridized carbons (Fsp3) is 0.269. The Morgan fingerprint density at radius 2 is 1.78 bits per heavy atom. The van der Waals surface area contributed by atoms with E-state index in [0.717, 1.165) is 34.1 Å². The highest BCUT2D eigenvalue weighted by Crippen LogP contribution is 2.18. The van der Waals surface area contributed by atoms with Gasteiger partial charge in [0.2, 0.25) is 11.8 Å². The van der Waals surface area contributed by atoms with Crippen LogP contribution < -0.4 is 5.32 Å². The zero-order chi connectivity index (χ0) is 22.3. The predicted octanol–water partition coefficient (Wildman–Crippen LogP) is 3.59. The van der Waals surface area contributed by atoms with Crippen LogP contribution in [0.5, 0.6) is 0 Å². The number of aryl methyl sites for hydroxylation is 1. The summed E-state index contributed by atoms with van der Waals surface area (Å²) in [5.74, 6) is -0.0343. The molecular weight excluding hydrogens is 400 g/mol. The zero-order valence-corrected chi connectivity index (χ0v) is 18.3. The molecule has 164 valence electrons. The molecule has 0 saturated carbocycles. The molecule has 6 nitrogen and oxygen atoms in total. The molecule has 6 heteroatoms. The Morgan fingerprint density at radius 3 is 2.59 bits per heavy atom. The number of pyridine rings is 1. The van der Waals surface area contributed by atoms with E-state index in [9.17, 15) is 9.59 Å². The van der Waals surface area contributed by atoms with Gasteiger partial charge in [0.15, 0.2) is 0 Å². The molecule has 3 aromatic rings. The molecule has 2 aromatic carbocycles. The quantitative estimate of drug-likeness (QED) is 0.610. The van der Waals surface area contributed by atoms with Gasteiger partial charge >= 0.3 is 0 Å². The summed E-state index contributed by atoms with van der Waals surface area (Å²) in [6, 6.07) is 17.7. The number of nitrogens with one attached hydrogen (secondary N) is 1. The van der Waals surface area contributed by atoms with Crippen LogP contribution in [0.4, 0.5) is 5.69 Å². The highest BCUT2D eigenvalue weighted by Gasteiger charge is 2.21. The molecule has 1 aliphatic rings. The van der Waals surface area contributed by atoms with Gasteiger partial charge in [-0.3, -0.25) is 19.5 Å². The van der Waals surface area contributed by atoms with Crippen LogP contribution in [-0.2, 0) is 16.0 Å². The second-order valence-corrected chi connectivity index (χ2v) is 7.92. The Balaban J connectivity index is 1.29. The smallest absolute Gasteiger partial charge is 0.246 e. The molecule has 0 radical (unpaired) electrons. The van der Waals surface area contributed by atoms with Gasteiger partial charge in [0, 0.05) is 55.1 Å². The summed E-state index contributed by atoms with van der Waals surface area (Å²) in [5.41, 5.74) is 3.82. The van der Waals surface area contributed by atoms with Crippen LogP contribution in [0.1, 0.15) is 18.1 Å². The van der Waals surface area contributed by atoms with Crippen LogP contribution in [0.2, 0.25) is 0 Å². The third-order valence-corrected chi connectivity index (χ3v) is 5.79. The van der Waals surface area contributed by atoms with Crippen molar-refractivity contribution in [2.75, 3.05) is 38.0 Å². The van der Waals surface area contributed by atoms with Gasteiger partial charge in [-0.2, -0.15) is 0 Å². The van der Waals surface area contributed by atoms with Gasteiger partial charge in [0.1, 0.15) is 0 Å². The molecule has 0 bridgehead atoms. The van der Waals surface area contributed by atoms with Crippen LogP contribution in [0, 0.1) is 0 Å². The van der Waals surface area contributed by atoms with Crippen LogP contribution in [-0.4, -0.2) is 59.3 Å². The van der Waals surface area contributed by atoms with Crippen molar-refractivity contribution in [3.63, 3.8) is 0 Å². The molecule has 0 aliphatic carbocycles. The van der Waals surface area contributed by atoms with Crippen molar-refractivity contribution in [1.29, 1.82) is 0 Å². The van der Waals surface area contributed by atoms with E-state index in [-0.39, 0.29) is 11.8 Å². The number of aromatic nitrogens is 1. The predicted molar refractivity (Wildman–Crippen MR) is 128 cm³/mol. The largest absolute Gasteiger partial charge is 0.337 e. The summed E-state index contributed by atoms with van der Waals surface area (Å²) in [7, 11) is 0. The number of carbonyl (C=O) groups is 2. The number of carbonyl (C=O) groups excluding carboxylic acids is 2. The molecule has 2 amide bonds. The molecule has 4 rings (SSSR count). The summed E-state index contributed by atoms with van der Waals surface area (Å²) in [6.45, 7) is 4.98. The number of benzene rings is 2. The Hall–Kier alpha value is -3.51. The van der Waals surface area contributed by atoms with E-state index in [4.69, 9.17) is 0 Å². The Labute approximate surface area is 188 Å². The highest BCUT2D eigenvalue weighted by atomic mass is 16.2. The van der Waals surface area contributed by atoms with Gasteiger partial charge in [0.25, 0.3) is 0 Å². The first-order valence-corrected chi connectivity index (χ1v) is 11.0. The van der Waals surface area contributed by atoms with Crippen molar-refractivity contribution >= 4 is 34.5 Å². The topological polar surface area (TPSA) is 65.5 Å². The van der Waals surface area contributed by atoms with Crippen molar-refractivity contribution < 1.29 is 9.59 Å². The molecule has 1 N–H and O–H groups in total. The summed E-state index contributed by atoms with van der Waals surface area (Å²) >= 11 is 0. The van der Waals surface area contributed by atoms with E-state index in [1.807, 2.05) is 65.6 Å². The number of nitrogens with zero attached hydrogens (tertiary/aromatic N) is 3. The minimum Gasteiger partial charge on any atom is -0.337 e. The average Bonchev–Trinajstić information content (AvgIpc) is 2.83. The number of amides is 2. The number of anilines is 1. The maximum Gasteiger partial charge on any atom is 0.246 e. The lowest BCUT2D eigenvalue weighted by atomic mass is 10.1. The standard InChI is InChI=1S/C26H28N4O2/c1-2-20-7-3-4-11-23(20)28-24(31)19-29-15-17-30(18-16-29)25(32)13-12-22-9-5-8-21-10-6-14-27-26(21)22/h3-14H,2,15-19H2,1H3,(H,28,31)/b13-12+. The van der Waals surface area contributed by atoms with Gasteiger partial charge in [0.05, 0.1) is 12.1 Å². The second-order valence-electron chi connectivity index (χ2n) is 7.92. The van der Waals surface area contributed by atoms with Crippen LogP contribution in [0.15, 0.2) is 66.9 Å². The lowest BCUT2D eigenvalue weighted by molar-refractivity contribution is -0.127. The molecule has 0 unspecified atom stereocenters. The molecule has 2 heterocycles. The molecule has 1 aromatic heterocycles. The van der Waals surface area contributed by atoms with E-state index < -0.39 is 0 Å². The van der Waals surface area contributed by atoms with Crippen molar-refractivity contribution in [1.82, 2.24) is 14.8 Å². The van der Waals surface area contributed by atoms with Crippen molar-refractivity contribution in [2.45, 2.75) is 13.3 Å². The summed E-state index contributed by atoms with van der Waals surface area (Å²) in [5, 5.41) is 4.07. The molecule has 1 fully saturated rings.